The lowest BCUT2D eigenvalue weighted by atomic mass is 10.2. The highest BCUT2D eigenvalue weighted by molar-refractivity contribution is 5.97. The molecule has 1 aliphatic heterocycles. The topological polar surface area (TPSA) is 102 Å². The zero-order valence-electron chi connectivity index (χ0n) is 14.4. The second-order valence-corrected chi connectivity index (χ2v) is 6.01. The van der Waals surface area contributed by atoms with Crippen LogP contribution in [0.15, 0.2) is 41.3 Å². The largest absolute Gasteiger partial charge is 0.472 e. The van der Waals surface area contributed by atoms with Crippen molar-refractivity contribution >= 4 is 17.6 Å². The lowest BCUT2D eigenvalue weighted by molar-refractivity contribution is -0.133. The molecule has 8 heteroatoms. The molecule has 0 bridgehead atoms. The molecule has 0 radical (unpaired) electrons. The van der Waals surface area contributed by atoms with Gasteiger partial charge in [-0.2, -0.15) is 5.26 Å². The number of anilines is 1. The average molecular weight is 353 g/mol. The van der Waals surface area contributed by atoms with Crippen LogP contribution < -0.4 is 10.2 Å². The molecule has 3 rings (SSSR count). The predicted molar refractivity (Wildman–Crippen MR) is 93.4 cm³/mol. The lowest BCUT2D eigenvalue weighted by Crippen LogP contribution is -2.54. The first-order valence-corrected chi connectivity index (χ1v) is 8.32. The van der Waals surface area contributed by atoms with E-state index in [9.17, 15) is 14.9 Å². The molecule has 1 aliphatic rings. The minimum Gasteiger partial charge on any atom is -0.472 e. The summed E-state index contributed by atoms with van der Waals surface area (Å²) in [6.07, 6.45) is 4.40. The number of carbonyl (C=O) groups excluding carboxylic acids is 2. The summed E-state index contributed by atoms with van der Waals surface area (Å²) >= 11 is 0. The van der Waals surface area contributed by atoms with Crippen LogP contribution in [0.1, 0.15) is 22.8 Å². The Morgan fingerprint density at radius 2 is 2.08 bits per heavy atom. The van der Waals surface area contributed by atoms with Gasteiger partial charge in [0.1, 0.15) is 24.2 Å². The minimum absolute atomic E-state index is 0.136. The Balaban J connectivity index is 1.56. The smallest absolute Gasteiger partial charge is 0.255 e. The summed E-state index contributed by atoms with van der Waals surface area (Å²) in [5.41, 5.74) is 0.904. The van der Waals surface area contributed by atoms with Crippen LogP contribution in [0.5, 0.6) is 0 Å². The maximum atomic E-state index is 12.6. The number of piperazine rings is 1. The molecular formula is C18H19N5O3. The van der Waals surface area contributed by atoms with E-state index >= 15 is 0 Å². The molecule has 0 aliphatic carbocycles. The van der Waals surface area contributed by atoms with E-state index in [0.29, 0.717) is 43.1 Å². The molecule has 0 saturated carbocycles. The molecule has 1 saturated heterocycles. The molecule has 3 heterocycles. The number of nitrogens with one attached hydrogen (secondary N) is 1. The Bertz CT molecular complexity index is 820. The molecule has 134 valence electrons. The Hall–Kier alpha value is -3.34. The van der Waals surface area contributed by atoms with Crippen molar-refractivity contribution in [3.63, 3.8) is 0 Å². The first-order valence-electron chi connectivity index (χ1n) is 8.32. The van der Waals surface area contributed by atoms with E-state index in [-0.39, 0.29) is 11.8 Å². The molecule has 0 aromatic carbocycles. The second-order valence-electron chi connectivity index (χ2n) is 6.01. The zero-order valence-corrected chi connectivity index (χ0v) is 14.4. The number of nitriles is 1. The summed E-state index contributed by atoms with van der Waals surface area (Å²) < 4.78 is 4.88. The van der Waals surface area contributed by atoms with Gasteiger partial charge in [-0.15, -0.1) is 0 Å². The highest BCUT2D eigenvalue weighted by Crippen LogP contribution is 2.18. The normalized spacial score (nSPS) is 15.2. The van der Waals surface area contributed by atoms with E-state index in [1.807, 2.05) is 4.90 Å². The fourth-order valence-corrected chi connectivity index (χ4v) is 2.88. The van der Waals surface area contributed by atoms with Crippen LogP contribution in [0, 0.1) is 11.3 Å². The van der Waals surface area contributed by atoms with E-state index < -0.39 is 6.04 Å². The van der Waals surface area contributed by atoms with Crippen molar-refractivity contribution in [2.75, 3.05) is 31.1 Å². The number of furan rings is 1. The first kappa shape index (κ1) is 17.5. The van der Waals surface area contributed by atoms with Crippen LogP contribution in [0.3, 0.4) is 0 Å². The summed E-state index contributed by atoms with van der Waals surface area (Å²) in [4.78, 5) is 32.6. The molecule has 2 aromatic rings. The fourth-order valence-electron chi connectivity index (χ4n) is 2.88. The summed E-state index contributed by atoms with van der Waals surface area (Å²) in [6.45, 7) is 3.84. The third kappa shape index (κ3) is 3.67. The minimum atomic E-state index is -0.631. The summed E-state index contributed by atoms with van der Waals surface area (Å²) in [6, 6.07) is 6.51. The predicted octanol–water partition coefficient (Wildman–Crippen LogP) is 1.01. The van der Waals surface area contributed by atoms with Gasteiger partial charge in [0.25, 0.3) is 5.91 Å². The molecule has 1 N–H and O–H groups in total. The number of nitrogens with zero attached hydrogens (tertiary/aromatic N) is 4. The van der Waals surface area contributed by atoms with Gasteiger partial charge in [-0.1, -0.05) is 0 Å². The summed E-state index contributed by atoms with van der Waals surface area (Å²) in [5, 5.41) is 11.9. The number of aromatic nitrogens is 1. The quantitative estimate of drug-likeness (QED) is 0.880. The molecule has 8 nitrogen and oxygen atoms in total. The van der Waals surface area contributed by atoms with Crippen LogP contribution in [-0.4, -0.2) is 53.9 Å². The van der Waals surface area contributed by atoms with Gasteiger partial charge in [0, 0.05) is 32.4 Å². The van der Waals surface area contributed by atoms with E-state index in [1.54, 1.807) is 36.2 Å². The Labute approximate surface area is 151 Å². The number of hydrogen-bond acceptors (Lipinski definition) is 6. The van der Waals surface area contributed by atoms with E-state index in [4.69, 9.17) is 4.42 Å². The number of pyridine rings is 1. The molecule has 1 atom stereocenters. The Kier molecular flexibility index (Phi) is 5.17. The number of amides is 2. The van der Waals surface area contributed by atoms with Gasteiger partial charge in [0.2, 0.25) is 5.91 Å². The maximum Gasteiger partial charge on any atom is 0.255 e. The molecule has 1 fully saturated rings. The van der Waals surface area contributed by atoms with Crippen LogP contribution >= 0.6 is 0 Å². The highest BCUT2D eigenvalue weighted by atomic mass is 16.3. The molecular weight excluding hydrogens is 334 g/mol. The van der Waals surface area contributed by atoms with E-state index in [2.05, 4.69) is 16.4 Å². The molecule has 1 unspecified atom stereocenters. The van der Waals surface area contributed by atoms with Gasteiger partial charge in [0.15, 0.2) is 0 Å². The second kappa shape index (κ2) is 7.70. The van der Waals surface area contributed by atoms with Crippen LogP contribution in [0.4, 0.5) is 5.82 Å². The van der Waals surface area contributed by atoms with Gasteiger partial charge in [-0.3, -0.25) is 9.59 Å². The van der Waals surface area contributed by atoms with Crippen molar-refractivity contribution in [1.82, 2.24) is 15.2 Å². The van der Waals surface area contributed by atoms with Gasteiger partial charge in [0.05, 0.1) is 17.4 Å². The lowest BCUT2D eigenvalue weighted by Gasteiger charge is -2.36. The molecule has 2 aromatic heterocycles. The summed E-state index contributed by atoms with van der Waals surface area (Å²) in [5.74, 6) is 0.164. The average Bonchev–Trinajstić information content (AvgIpc) is 3.22. The van der Waals surface area contributed by atoms with Crippen molar-refractivity contribution in [2.24, 2.45) is 0 Å². The van der Waals surface area contributed by atoms with Crippen LogP contribution in [0.25, 0.3) is 0 Å². The van der Waals surface area contributed by atoms with Gasteiger partial charge in [-0.25, -0.2) is 4.98 Å². The van der Waals surface area contributed by atoms with Gasteiger partial charge < -0.3 is 19.5 Å². The first-order chi connectivity index (χ1) is 12.6. The van der Waals surface area contributed by atoms with Crippen molar-refractivity contribution in [1.29, 1.82) is 5.26 Å². The molecule has 2 amide bonds. The van der Waals surface area contributed by atoms with Gasteiger partial charge in [-0.05, 0) is 25.1 Å². The zero-order chi connectivity index (χ0) is 18.5. The summed E-state index contributed by atoms with van der Waals surface area (Å²) in [7, 11) is 0. The molecule has 26 heavy (non-hydrogen) atoms. The van der Waals surface area contributed by atoms with E-state index in [1.165, 1.54) is 12.5 Å². The van der Waals surface area contributed by atoms with Crippen molar-refractivity contribution < 1.29 is 14.0 Å². The van der Waals surface area contributed by atoms with Crippen molar-refractivity contribution in [3.8, 4) is 6.07 Å². The monoisotopic (exact) mass is 353 g/mol. The maximum absolute atomic E-state index is 12.6. The third-order valence-electron chi connectivity index (χ3n) is 4.30. The number of carbonyl (C=O) groups is 2. The standard InChI is InChI=1S/C18H19N5O3/c1-13(21-17(24)15-4-10-26-12-15)18(25)23-8-6-22(7-9-23)16-14(11-19)3-2-5-20-16/h2-5,10,12-13H,6-9H2,1H3,(H,21,24). The van der Waals surface area contributed by atoms with E-state index in [0.717, 1.165) is 0 Å². The highest BCUT2D eigenvalue weighted by Gasteiger charge is 2.27. The molecule has 0 spiro atoms. The van der Waals surface area contributed by atoms with Crippen LogP contribution in [-0.2, 0) is 4.79 Å². The number of rotatable bonds is 4. The SMILES string of the molecule is CC(NC(=O)c1ccoc1)C(=O)N1CCN(c2ncccc2C#N)CC1. The number of hydrogen-bond donors (Lipinski definition) is 1. The Morgan fingerprint density at radius 3 is 2.73 bits per heavy atom. The van der Waals surface area contributed by atoms with Gasteiger partial charge >= 0.3 is 0 Å². The Morgan fingerprint density at radius 1 is 1.31 bits per heavy atom. The third-order valence-corrected chi connectivity index (χ3v) is 4.30. The van der Waals surface area contributed by atoms with Crippen molar-refractivity contribution in [3.05, 3.63) is 48.0 Å². The van der Waals surface area contributed by atoms with Crippen molar-refractivity contribution in [2.45, 2.75) is 13.0 Å². The fraction of sp³-hybridized carbons (Fsp3) is 0.333. The van der Waals surface area contributed by atoms with Crippen LogP contribution in [0.2, 0.25) is 0 Å².